The van der Waals surface area contributed by atoms with E-state index < -0.39 is 0 Å². The summed E-state index contributed by atoms with van der Waals surface area (Å²) in [7, 11) is 1.79. The number of aliphatic imine (C=N–C) groups is 1. The molecule has 0 amide bonds. The van der Waals surface area contributed by atoms with Crippen LogP contribution in [0.5, 0.6) is 0 Å². The average Bonchev–Trinajstić information content (AvgIpc) is 3.24. The minimum atomic E-state index is 0. The van der Waals surface area contributed by atoms with E-state index in [1.54, 1.807) is 18.4 Å². The number of ether oxygens (including phenoxy) is 2. The lowest BCUT2D eigenvalue weighted by atomic mass is 10.3. The van der Waals surface area contributed by atoms with Gasteiger partial charge in [-0.25, -0.2) is 4.98 Å². The first kappa shape index (κ1) is 21.6. The molecule has 0 aliphatic carbocycles. The molecule has 1 atom stereocenters. The molecule has 1 aromatic rings. The number of thiazole rings is 1. The highest BCUT2D eigenvalue weighted by Gasteiger charge is 2.15. The van der Waals surface area contributed by atoms with Gasteiger partial charge in [-0.15, -0.1) is 35.3 Å². The van der Waals surface area contributed by atoms with Crippen molar-refractivity contribution >= 4 is 41.3 Å². The topological polar surface area (TPSA) is 67.8 Å². The molecule has 8 heteroatoms. The summed E-state index contributed by atoms with van der Waals surface area (Å²) in [6, 6.07) is 0. The molecule has 0 saturated carbocycles. The van der Waals surface area contributed by atoms with Crippen LogP contribution in [0.25, 0.3) is 0 Å². The smallest absolute Gasteiger partial charge is 0.190 e. The van der Waals surface area contributed by atoms with Crippen LogP contribution in [0.4, 0.5) is 0 Å². The van der Waals surface area contributed by atoms with Gasteiger partial charge >= 0.3 is 0 Å². The Labute approximate surface area is 165 Å². The van der Waals surface area contributed by atoms with Crippen LogP contribution in [-0.2, 0) is 22.3 Å². The Hall–Kier alpha value is -0.450. The number of nitrogens with one attached hydrogen (secondary N) is 2. The number of hydrogen-bond donors (Lipinski definition) is 2. The Bertz CT molecular complexity index is 478. The van der Waals surface area contributed by atoms with E-state index in [0.717, 1.165) is 64.6 Å². The summed E-state index contributed by atoms with van der Waals surface area (Å²) in [6.07, 6.45) is 6.23. The lowest BCUT2D eigenvalue weighted by molar-refractivity contribution is 0.0420. The molecule has 0 radical (unpaired) electrons. The highest BCUT2D eigenvalue weighted by Crippen LogP contribution is 2.13. The summed E-state index contributed by atoms with van der Waals surface area (Å²) in [5.74, 6) is 0.835. The van der Waals surface area contributed by atoms with Gasteiger partial charge in [-0.2, -0.15) is 0 Å². The molecule has 1 aromatic heterocycles. The van der Waals surface area contributed by atoms with Crippen molar-refractivity contribution in [2.75, 3.05) is 40.0 Å². The van der Waals surface area contributed by atoms with Gasteiger partial charge in [-0.05, 0) is 19.3 Å². The summed E-state index contributed by atoms with van der Waals surface area (Å²) in [5, 5.41) is 7.81. The number of hydrogen-bond acceptors (Lipinski definition) is 5. The quantitative estimate of drug-likeness (QED) is 0.252. The monoisotopic (exact) mass is 468 g/mol. The fraction of sp³-hybridized carbons (Fsp3) is 0.750. The highest BCUT2D eigenvalue weighted by atomic mass is 127. The van der Waals surface area contributed by atoms with Gasteiger partial charge in [-0.1, -0.05) is 6.92 Å². The lowest BCUT2D eigenvalue weighted by Crippen LogP contribution is -2.39. The first-order chi connectivity index (χ1) is 11.3. The van der Waals surface area contributed by atoms with Gasteiger partial charge in [0.1, 0.15) is 0 Å². The van der Waals surface area contributed by atoms with E-state index in [1.807, 2.05) is 6.20 Å². The summed E-state index contributed by atoms with van der Waals surface area (Å²) < 4.78 is 11.0. The SMILES string of the molecule is CCc1cnc(CCNC(=NC)NCCCOC2CCOC2)s1.I. The normalized spacial score (nSPS) is 17.6. The maximum absolute atomic E-state index is 5.74. The molecule has 2 rings (SSSR count). The van der Waals surface area contributed by atoms with E-state index in [9.17, 15) is 0 Å². The van der Waals surface area contributed by atoms with Crippen molar-refractivity contribution in [2.45, 2.75) is 38.7 Å². The molecule has 1 aliphatic rings. The zero-order valence-electron chi connectivity index (χ0n) is 14.5. The Morgan fingerprint density at radius 1 is 1.46 bits per heavy atom. The van der Waals surface area contributed by atoms with Crippen LogP contribution in [0.15, 0.2) is 11.2 Å². The third-order valence-corrected chi connectivity index (χ3v) is 4.86. The zero-order valence-corrected chi connectivity index (χ0v) is 17.7. The maximum Gasteiger partial charge on any atom is 0.190 e. The molecular formula is C16H29IN4O2S. The van der Waals surface area contributed by atoms with Crippen molar-refractivity contribution in [3.8, 4) is 0 Å². The molecule has 2 heterocycles. The van der Waals surface area contributed by atoms with Crippen LogP contribution >= 0.6 is 35.3 Å². The molecule has 0 spiro atoms. The van der Waals surface area contributed by atoms with Gasteiger partial charge in [0.25, 0.3) is 0 Å². The van der Waals surface area contributed by atoms with Crippen molar-refractivity contribution in [1.29, 1.82) is 0 Å². The van der Waals surface area contributed by atoms with Crippen molar-refractivity contribution in [3.05, 3.63) is 16.1 Å². The molecule has 1 aliphatic heterocycles. The largest absolute Gasteiger partial charge is 0.379 e. The van der Waals surface area contributed by atoms with Gasteiger partial charge < -0.3 is 20.1 Å². The van der Waals surface area contributed by atoms with Crippen LogP contribution in [-0.4, -0.2) is 57.0 Å². The lowest BCUT2D eigenvalue weighted by Gasteiger charge is -2.12. The van der Waals surface area contributed by atoms with E-state index in [0.29, 0.717) is 6.10 Å². The first-order valence-electron chi connectivity index (χ1n) is 8.39. The van der Waals surface area contributed by atoms with Gasteiger partial charge in [0, 0.05) is 50.8 Å². The third-order valence-electron chi connectivity index (χ3n) is 3.66. The van der Waals surface area contributed by atoms with Crippen LogP contribution in [0.2, 0.25) is 0 Å². The summed E-state index contributed by atoms with van der Waals surface area (Å²) in [5.41, 5.74) is 0. The molecule has 1 fully saturated rings. The number of guanidine groups is 1. The maximum atomic E-state index is 5.74. The van der Waals surface area contributed by atoms with Crippen molar-refractivity contribution in [3.63, 3.8) is 0 Å². The average molecular weight is 468 g/mol. The predicted octanol–water partition coefficient (Wildman–Crippen LogP) is 2.23. The predicted molar refractivity (Wildman–Crippen MR) is 110 cm³/mol. The first-order valence-corrected chi connectivity index (χ1v) is 9.21. The van der Waals surface area contributed by atoms with Crippen molar-refractivity contribution in [2.24, 2.45) is 4.99 Å². The van der Waals surface area contributed by atoms with E-state index in [-0.39, 0.29) is 24.0 Å². The molecule has 1 unspecified atom stereocenters. The summed E-state index contributed by atoms with van der Waals surface area (Å²) >= 11 is 1.79. The second kappa shape index (κ2) is 12.8. The van der Waals surface area contributed by atoms with Gasteiger partial charge in [0.2, 0.25) is 0 Å². The summed E-state index contributed by atoms with van der Waals surface area (Å²) in [4.78, 5) is 10.0. The molecule has 138 valence electrons. The van der Waals surface area contributed by atoms with E-state index in [1.165, 1.54) is 9.88 Å². The molecule has 0 aromatic carbocycles. The molecule has 2 N–H and O–H groups in total. The van der Waals surface area contributed by atoms with E-state index >= 15 is 0 Å². The number of rotatable bonds is 9. The van der Waals surface area contributed by atoms with Gasteiger partial charge in [0.05, 0.1) is 17.7 Å². The molecule has 6 nitrogen and oxygen atoms in total. The van der Waals surface area contributed by atoms with Crippen LogP contribution in [0.1, 0.15) is 29.7 Å². The van der Waals surface area contributed by atoms with Gasteiger partial charge in [0.15, 0.2) is 5.96 Å². The molecule has 0 bridgehead atoms. The second-order valence-corrected chi connectivity index (χ2v) is 6.66. The highest BCUT2D eigenvalue weighted by molar-refractivity contribution is 14.0. The number of aromatic nitrogens is 1. The molecule has 1 saturated heterocycles. The number of aryl methyl sites for hydroxylation is 1. The third kappa shape index (κ3) is 8.09. The van der Waals surface area contributed by atoms with E-state index in [4.69, 9.17) is 9.47 Å². The zero-order chi connectivity index (χ0) is 16.3. The fourth-order valence-electron chi connectivity index (χ4n) is 2.31. The Morgan fingerprint density at radius 2 is 2.29 bits per heavy atom. The van der Waals surface area contributed by atoms with Gasteiger partial charge in [-0.3, -0.25) is 4.99 Å². The Morgan fingerprint density at radius 3 is 2.96 bits per heavy atom. The van der Waals surface area contributed by atoms with Crippen LogP contribution in [0, 0.1) is 0 Å². The molecular weight excluding hydrogens is 439 g/mol. The van der Waals surface area contributed by atoms with Crippen molar-refractivity contribution < 1.29 is 9.47 Å². The minimum absolute atomic E-state index is 0. The second-order valence-electron chi connectivity index (χ2n) is 5.46. The standard InChI is InChI=1S/C16H28N4O2S.HI/c1-3-14-11-20-15(23-14)5-8-19-16(17-2)18-7-4-9-22-13-6-10-21-12-13;/h11,13H,3-10,12H2,1-2H3,(H2,17,18,19);1H. The van der Waals surface area contributed by atoms with Crippen LogP contribution < -0.4 is 10.6 Å². The summed E-state index contributed by atoms with van der Waals surface area (Å²) in [6.45, 7) is 6.18. The minimum Gasteiger partial charge on any atom is -0.379 e. The Kier molecular flexibility index (Phi) is 11.6. The van der Waals surface area contributed by atoms with Crippen LogP contribution in [0.3, 0.4) is 0 Å². The fourth-order valence-corrected chi connectivity index (χ4v) is 3.17. The molecule has 24 heavy (non-hydrogen) atoms. The number of halogens is 1. The van der Waals surface area contributed by atoms with Crippen molar-refractivity contribution in [1.82, 2.24) is 15.6 Å². The Balaban J connectivity index is 0.00000288. The van der Waals surface area contributed by atoms with E-state index in [2.05, 4.69) is 27.5 Å². The number of nitrogens with zero attached hydrogens (tertiary/aromatic N) is 2.